The van der Waals surface area contributed by atoms with Gasteiger partial charge < -0.3 is 10.2 Å². The van der Waals surface area contributed by atoms with E-state index in [1.807, 2.05) is 0 Å². The van der Waals surface area contributed by atoms with E-state index >= 15 is 0 Å². The Morgan fingerprint density at radius 2 is 1.78 bits per heavy atom. The number of hydrogen-bond acceptors (Lipinski definition) is 3. The van der Waals surface area contributed by atoms with Gasteiger partial charge in [0.15, 0.2) is 0 Å². The van der Waals surface area contributed by atoms with Crippen molar-refractivity contribution in [3.8, 4) is 6.07 Å². The highest BCUT2D eigenvalue weighted by molar-refractivity contribution is 4.95. The van der Waals surface area contributed by atoms with Gasteiger partial charge in [-0.25, -0.2) is 0 Å². The van der Waals surface area contributed by atoms with Crippen LogP contribution in [-0.4, -0.2) is 37.1 Å². The molecule has 18 heavy (non-hydrogen) atoms. The fraction of sp³-hybridized carbons (Fsp3) is 0.933. The summed E-state index contributed by atoms with van der Waals surface area (Å²) in [6.07, 6.45) is 7.79. The Morgan fingerprint density at radius 3 is 2.28 bits per heavy atom. The van der Waals surface area contributed by atoms with Gasteiger partial charge in [0.2, 0.25) is 0 Å². The first-order valence-corrected chi connectivity index (χ1v) is 7.67. The Morgan fingerprint density at radius 1 is 1.17 bits per heavy atom. The van der Waals surface area contributed by atoms with E-state index in [4.69, 9.17) is 0 Å². The van der Waals surface area contributed by atoms with Crippen LogP contribution in [0.2, 0.25) is 0 Å². The van der Waals surface area contributed by atoms with Crippen molar-refractivity contribution >= 4 is 0 Å². The Balaban J connectivity index is 2.30. The number of nitrogens with one attached hydrogen (secondary N) is 1. The number of likely N-dealkylation sites (N-methyl/N-ethyl adjacent to an activating group) is 1. The van der Waals surface area contributed by atoms with Crippen molar-refractivity contribution in [2.45, 2.75) is 58.4 Å². The van der Waals surface area contributed by atoms with Crippen LogP contribution in [0.5, 0.6) is 0 Å². The van der Waals surface area contributed by atoms with Gasteiger partial charge in [0.05, 0.1) is 12.1 Å². The molecular weight excluding hydrogens is 222 g/mol. The molecule has 0 amide bonds. The lowest BCUT2D eigenvalue weighted by atomic mass is 9.92. The SMILES string of the molecule is CCN(CC)CCNC(C#N)C1CCCCCC1. The molecule has 104 valence electrons. The lowest BCUT2D eigenvalue weighted by Gasteiger charge is -2.23. The predicted molar refractivity (Wildman–Crippen MR) is 76.4 cm³/mol. The first-order valence-electron chi connectivity index (χ1n) is 7.67. The summed E-state index contributed by atoms with van der Waals surface area (Å²) in [5.74, 6) is 0.578. The number of nitrogens with zero attached hydrogens (tertiary/aromatic N) is 2. The lowest BCUT2D eigenvalue weighted by Crippen LogP contribution is -2.40. The molecule has 1 saturated carbocycles. The van der Waals surface area contributed by atoms with Crippen LogP contribution >= 0.6 is 0 Å². The summed E-state index contributed by atoms with van der Waals surface area (Å²) in [6.45, 7) is 8.57. The van der Waals surface area contributed by atoms with Crippen molar-refractivity contribution in [3.05, 3.63) is 0 Å². The maximum atomic E-state index is 9.32. The summed E-state index contributed by atoms with van der Waals surface area (Å²) in [4.78, 5) is 2.40. The van der Waals surface area contributed by atoms with Crippen LogP contribution in [0.3, 0.4) is 0 Å². The van der Waals surface area contributed by atoms with Gasteiger partial charge >= 0.3 is 0 Å². The Bertz CT molecular complexity index is 235. The van der Waals surface area contributed by atoms with Crippen LogP contribution in [0.4, 0.5) is 0 Å². The Kier molecular flexibility index (Phi) is 8.04. The topological polar surface area (TPSA) is 39.1 Å². The molecule has 1 aliphatic carbocycles. The van der Waals surface area contributed by atoms with Crippen LogP contribution < -0.4 is 5.32 Å². The zero-order valence-corrected chi connectivity index (χ0v) is 12.1. The number of hydrogen-bond donors (Lipinski definition) is 1. The van der Waals surface area contributed by atoms with E-state index < -0.39 is 0 Å². The third-order valence-electron chi connectivity index (χ3n) is 4.20. The minimum Gasteiger partial charge on any atom is -0.303 e. The predicted octanol–water partition coefficient (Wildman–Crippen LogP) is 2.78. The molecule has 0 aromatic carbocycles. The minimum absolute atomic E-state index is 0.0682. The highest BCUT2D eigenvalue weighted by atomic mass is 15.1. The molecule has 1 rings (SSSR count). The van der Waals surface area contributed by atoms with E-state index in [1.165, 1.54) is 38.5 Å². The summed E-state index contributed by atoms with van der Waals surface area (Å²) in [5.41, 5.74) is 0. The molecule has 0 spiro atoms. The second kappa shape index (κ2) is 9.35. The zero-order valence-electron chi connectivity index (χ0n) is 12.1. The fourth-order valence-corrected chi connectivity index (χ4v) is 2.88. The quantitative estimate of drug-likeness (QED) is 0.707. The lowest BCUT2D eigenvalue weighted by molar-refractivity contribution is 0.287. The molecule has 0 saturated heterocycles. The largest absolute Gasteiger partial charge is 0.303 e. The van der Waals surface area contributed by atoms with Crippen molar-refractivity contribution in [1.29, 1.82) is 5.26 Å². The molecule has 3 heteroatoms. The molecule has 1 N–H and O–H groups in total. The molecule has 0 aromatic rings. The monoisotopic (exact) mass is 251 g/mol. The van der Waals surface area contributed by atoms with Crippen molar-refractivity contribution < 1.29 is 0 Å². The molecule has 0 aliphatic heterocycles. The van der Waals surface area contributed by atoms with Gasteiger partial charge in [-0.15, -0.1) is 0 Å². The van der Waals surface area contributed by atoms with E-state index in [2.05, 4.69) is 30.1 Å². The Hall–Kier alpha value is -0.590. The molecule has 1 unspecified atom stereocenters. The van der Waals surface area contributed by atoms with Gasteiger partial charge in [-0.1, -0.05) is 39.5 Å². The standard InChI is InChI=1S/C15H29N3/c1-3-18(4-2)12-11-17-15(13-16)14-9-7-5-6-8-10-14/h14-15,17H,3-12H2,1-2H3. The number of rotatable bonds is 7. The summed E-state index contributed by atoms with van der Waals surface area (Å²) in [5, 5.41) is 12.8. The van der Waals surface area contributed by atoms with E-state index in [-0.39, 0.29) is 6.04 Å². The normalized spacial score (nSPS) is 19.4. The molecule has 0 bridgehead atoms. The van der Waals surface area contributed by atoms with Crippen LogP contribution in [0.25, 0.3) is 0 Å². The maximum absolute atomic E-state index is 9.32. The highest BCUT2D eigenvalue weighted by Gasteiger charge is 2.21. The molecular formula is C15H29N3. The summed E-state index contributed by atoms with van der Waals surface area (Å²) < 4.78 is 0. The van der Waals surface area contributed by atoms with E-state index in [9.17, 15) is 5.26 Å². The molecule has 3 nitrogen and oxygen atoms in total. The van der Waals surface area contributed by atoms with Crippen molar-refractivity contribution in [2.24, 2.45) is 5.92 Å². The molecule has 1 aliphatic rings. The van der Waals surface area contributed by atoms with Crippen molar-refractivity contribution in [1.82, 2.24) is 10.2 Å². The van der Waals surface area contributed by atoms with Crippen molar-refractivity contribution in [2.75, 3.05) is 26.2 Å². The molecule has 1 atom stereocenters. The molecule has 1 fully saturated rings. The second-order valence-corrected chi connectivity index (χ2v) is 5.34. The molecule has 0 aromatic heterocycles. The van der Waals surface area contributed by atoms with E-state index in [0.717, 1.165) is 26.2 Å². The van der Waals surface area contributed by atoms with Crippen LogP contribution in [0.1, 0.15) is 52.4 Å². The van der Waals surface area contributed by atoms with Gasteiger partial charge in [-0.3, -0.25) is 0 Å². The smallest absolute Gasteiger partial charge is 0.0981 e. The first kappa shape index (κ1) is 15.5. The second-order valence-electron chi connectivity index (χ2n) is 5.34. The van der Waals surface area contributed by atoms with Crippen LogP contribution in [0.15, 0.2) is 0 Å². The average molecular weight is 251 g/mol. The maximum Gasteiger partial charge on any atom is 0.0981 e. The Labute approximate surface area is 113 Å². The van der Waals surface area contributed by atoms with Crippen LogP contribution in [-0.2, 0) is 0 Å². The molecule has 0 heterocycles. The fourth-order valence-electron chi connectivity index (χ4n) is 2.88. The van der Waals surface area contributed by atoms with Gasteiger partial charge in [-0.2, -0.15) is 5.26 Å². The van der Waals surface area contributed by atoms with Gasteiger partial charge in [-0.05, 0) is 31.8 Å². The number of nitriles is 1. The summed E-state index contributed by atoms with van der Waals surface area (Å²) in [6, 6.07) is 2.55. The highest BCUT2D eigenvalue weighted by Crippen LogP contribution is 2.25. The van der Waals surface area contributed by atoms with E-state index in [0.29, 0.717) is 5.92 Å². The minimum atomic E-state index is 0.0682. The third-order valence-corrected chi connectivity index (χ3v) is 4.20. The van der Waals surface area contributed by atoms with Crippen LogP contribution in [0, 0.1) is 17.2 Å². The average Bonchev–Trinajstić information content (AvgIpc) is 2.68. The summed E-state index contributed by atoms with van der Waals surface area (Å²) in [7, 11) is 0. The zero-order chi connectivity index (χ0) is 13.2. The van der Waals surface area contributed by atoms with Crippen molar-refractivity contribution in [3.63, 3.8) is 0 Å². The van der Waals surface area contributed by atoms with E-state index in [1.54, 1.807) is 0 Å². The van der Waals surface area contributed by atoms with Gasteiger partial charge in [0.25, 0.3) is 0 Å². The summed E-state index contributed by atoms with van der Waals surface area (Å²) >= 11 is 0. The third kappa shape index (κ3) is 5.37. The molecule has 0 radical (unpaired) electrons. The van der Waals surface area contributed by atoms with Gasteiger partial charge in [0, 0.05) is 13.1 Å². The first-order chi connectivity index (χ1) is 8.81. The van der Waals surface area contributed by atoms with Gasteiger partial charge in [0.1, 0.15) is 0 Å².